The molecule has 1 aromatic carbocycles. The first-order chi connectivity index (χ1) is 17.8. The quantitative estimate of drug-likeness (QED) is 0.0518. The third-order valence-electron chi connectivity index (χ3n) is 5.45. The van der Waals surface area contributed by atoms with Gasteiger partial charge in [-0.2, -0.15) is 12.6 Å². The number of nitrogens with zero attached hydrogens (tertiary/aromatic N) is 1. The molecular weight excluding hydrogens is 514 g/mol. The lowest BCUT2D eigenvalue weighted by molar-refractivity contribution is -0.142. The number of carboxylic acid groups (broad SMARTS) is 1. The van der Waals surface area contributed by atoms with Gasteiger partial charge in [0.05, 0.1) is 6.04 Å². The van der Waals surface area contributed by atoms with E-state index in [1.807, 2.05) is 13.8 Å². The number of aliphatic carboxylic acids is 1. The minimum absolute atomic E-state index is 0.00339. The number of rotatable bonds is 16. The predicted octanol–water partition coefficient (Wildman–Crippen LogP) is -1.17. The third-order valence-corrected chi connectivity index (χ3v) is 5.82. The lowest BCUT2D eigenvalue weighted by atomic mass is 10.0. The van der Waals surface area contributed by atoms with Crippen molar-refractivity contribution in [3.05, 3.63) is 29.8 Å². The first-order valence-electron chi connectivity index (χ1n) is 12.2. The van der Waals surface area contributed by atoms with Crippen molar-refractivity contribution in [2.45, 2.75) is 63.7 Å². The molecule has 14 heteroatoms. The number of carbonyl (C=O) groups excluding carboxylic acids is 3. The number of phenolic OH excluding ortho intramolecular Hbond substituents is 1. The van der Waals surface area contributed by atoms with Crippen LogP contribution in [-0.4, -0.2) is 76.3 Å². The number of benzene rings is 1. The number of thiol groups is 1. The van der Waals surface area contributed by atoms with Gasteiger partial charge in [-0.3, -0.25) is 19.4 Å². The number of hydrogen-bond acceptors (Lipinski definition) is 8. The Bertz CT molecular complexity index is 970. The van der Waals surface area contributed by atoms with Crippen molar-refractivity contribution < 1.29 is 29.4 Å². The molecule has 0 bridgehead atoms. The van der Waals surface area contributed by atoms with Crippen molar-refractivity contribution in [1.29, 1.82) is 0 Å². The minimum Gasteiger partial charge on any atom is -0.508 e. The fraction of sp³-hybridized carbons (Fsp3) is 0.542. The molecule has 38 heavy (non-hydrogen) atoms. The number of nitrogens with one attached hydrogen (secondary N) is 3. The number of carboxylic acids is 1. The number of carbonyl (C=O) groups is 4. The van der Waals surface area contributed by atoms with Crippen LogP contribution in [0.25, 0.3) is 0 Å². The van der Waals surface area contributed by atoms with Crippen LogP contribution < -0.4 is 33.2 Å². The van der Waals surface area contributed by atoms with E-state index in [2.05, 4.69) is 33.6 Å². The van der Waals surface area contributed by atoms with Crippen LogP contribution in [0.4, 0.5) is 0 Å². The molecule has 1 aromatic rings. The Morgan fingerprint density at radius 3 is 2.03 bits per heavy atom. The third kappa shape index (κ3) is 12.1. The summed E-state index contributed by atoms with van der Waals surface area (Å²) in [5.41, 5.74) is 17.0. The highest BCUT2D eigenvalue weighted by molar-refractivity contribution is 7.80. The Morgan fingerprint density at radius 2 is 1.50 bits per heavy atom. The minimum atomic E-state index is -1.20. The molecule has 0 fully saturated rings. The smallest absolute Gasteiger partial charge is 0.326 e. The highest BCUT2D eigenvalue weighted by Crippen LogP contribution is 2.12. The summed E-state index contributed by atoms with van der Waals surface area (Å²) >= 11 is 4.14. The molecule has 0 aliphatic rings. The molecule has 1 rings (SSSR count). The molecule has 0 spiro atoms. The van der Waals surface area contributed by atoms with Crippen molar-refractivity contribution in [2.24, 2.45) is 28.1 Å². The lowest BCUT2D eigenvalue weighted by Gasteiger charge is -2.25. The molecule has 0 saturated carbocycles. The van der Waals surface area contributed by atoms with Gasteiger partial charge in [0.25, 0.3) is 0 Å². The number of guanidine groups is 1. The highest BCUT2D eigenvalue weighted by atomic mass is 32.1. The topological polar surface area (TPSA) is 235 Å². The number of aliphatic imine (C=N–C) groups is 1. The normalized spacial score (nSPS) is 14.0. The second kappa shape index (κ2) is 16.3. The SMILES string of the molecule is CC(C)CC(NC(=O)C(Cc1ccc(O)cc1)NC(=O)C(CS)NC(=O)C(N)CCCN=C(N)N)C(=O)O. The largest absolute Gasteiger partial charge is 0.508 e. The van der Waals surface area contributed by atoms with E-state index in [0.29, 0.717) is 18.5 Å². The summed E-state index contributed by atoms with van der Waals surface area (Å²) in [6.07, 6.45) is 0.906. The van der Waals surface area contributed by atoms with E-state index in [4.69, 9.17) is 17.2 Å². The van der Waals surface area contributed by atoms with E-state index in [1.165, 1.54) is 12.1 Å². The van der Waals surface area contributed by atoms with Gasteiger partial charge in [0, 0.05) is 18.7 Å². The van der Waals surface area contributed by atoms with E-state index < -0.39 is 47.9 Å². The van der Waals surface area contributed by atoms with E-state index in [0.717, 1.165) is 0 Å². The molecule has 4 unspecified atom stereocenters. The van der Waals surface area contributed by atoms with Gasteiger partial charge < -0.3 is 43.4 Å². The Labute approximate surface area is 227 Å². The average Bonchev–Trinajstić information content (AvgIpc) is 2.84. The van der Waals surface area contributed by atoms with Crippen molar-refractivity contribution in [1.82, 2.24) is 16.0 Å². The fourth-order valence-corrected chi connectivity index (χ4v) is 3.69. The molecular formula is C24H39N7O6S. The Morgan fingerprint density at radius 1 is 0.947 bits per heavy atom. The Hall–Kier alpha value is -3.52. The molecule has 3 amide bonds. The highest BCUT2D eigenvalue weighted by Gasteiger charge is 2.30. The molecule has 0 radical (unpaired) electrons. The summed E-state index contributed by atoms with van der Waals surface area (Å²) in [6, 6.07) is 1.63. The molecule has 4 atom stereocenters. The van der Waals surface area contributed by atoms with E-state index in [1.54, 1.807) is 12.1 Å². The monoisotopic (exact) mass is 553 g/mol. The van der Waals surface area contributed by atoms with Crippen molar-refractivity contribution >= 4 is 42.3 Å². The predicted molar refractivity (Wildman–Crippen MR) is 146 cm³/mol. The van der Waals surface area contributed by atoms with Gasteiger partial charge in [-0.25, -0.2) is 4.79 Å². The lowest BCUT2D eigenvalue weighted by Crippen LogP contribution is -2.58. The number of hydrogen-bond donors (Lipinski definition) is 9. The van der Waals surface area contributed by atoms with Crippen LogP contribution >= 0.6 is 12.6 Å². The Kier molecular flexibility index (Phi) is 14.0. The van der Waals surface area contributed by atoms with Gasteiger partial charge >= 0.3 is 5.97 Å². The summed E-state index contributed by atoms with van der Waals surface area (Å²) in [4.78, 5) is 54.1. The first-order valence-corrected chi connectivity index (χ1v) is 12.8. The van der Waals surface area contributed by atoms with Crippen LogP contribution in [0.3, 0.4) is 0 Å². The van der Waals surface area contributed by atoms with Gasteiger partial charge in [-0.15, -0.1) is 0 Å². The maximum atomic E-state index is 13.1. The van der Waals surface area contributed by atoms with Crippen LogP contribution in [0, 0.1) is 5.92 Å². The summed E-state index contributed by atoms with van der Waals surface area (Å²) in [6.45, 7) is 3.94. The number of aromatic hydroxyl groups is 1. The summed E-state index contributed by atoms with van der Waals surface area (Å²) in [5, 5.41) is 26.6. The summed E-state index contributed by atoms with van der Waals surface area (Å²) in [5.74, 6) is -3.34. The molecule has 0 saturated heterocycles. The van der Waals surface area contributed by atoms with Crippen molar-refractivity contribution in [2.75, 3.05) is 12.3 Å². The molecule has 0 aromatic heterocycles. The first kappa shape index (κ1) is 32.5. The van der Waals surface area contributed by atoms with Gasteiger partial charge in [0.1, 0.15) is 23.9 Å². The molecule has 0 heterocycles. The molecule has 0 aliphatic heterocycles. The summed E-state index contributed by atoms with van der Waals surface area (Å²) in [7, 11) is 0. The molecule has 11 N–H and O–H groups in total. The maximum Gasteiger partial charge on any atom is 0.326 e. The van der Waals surface area contributed by atoms with E-state index >= 15 is 0 Å². The molecule has 0 aliphatic carbocycles. The fourth-order valence-electron chi connectivity index (χ4n) is 3.44. The number of nitrogens with two attached hydrogens (primary N) is 3. The second-order valence-corrected chi connectivity index (χ2v) is 9.62. The zero-order valence-electron chi connectivity index (χ0n) is 21.6. The Balaban J connectivity index is 2.96. The van der Waals surface area contributed by atoms with Gasteiger partial charge in [0.15, 0.2) is 5.96 Å². The van der Waals surface area contributed by atoms with Crippen molar-refractivity contribution in [3.63, 3.8) is 0 Å². The summed E-state index contributed by atoms with van der Waals surface area (Å²) < 4.78 is 0. The zero-order valence-corrected chi connectivity index (χ0v) is 22.5. The average molecular weight is 554 g/mol. The molecule has 13 nitrogen and oxygen atoms in total. The van der Waals surface area contributed by atoms with Crippen LogP contribution in [-0.2, 0) is 25.6 Å². The van der Waals surface area contributed by atoms with Gasteiger partial charge in [-0.1, -0.05) is 26.0 Å². The number of phenols is 1. The van der Waals surface area contributed by atoms with Gasteiger partial charge in [0.2, 0.25) is 17.7 Å². The maximum absolute atomic E-state index is 13.1. The molecule has 212 valence electrons. The van der Waals surface area contributed by atoms with Crippen LogP contribution in [0.15, 0.2) is 29.3 Å². The van der Waals surface area contributed by atoms with E-state index in [-0.39, 0.29) is 42.6 Å². The van der Waals surface area contributed by atoms with Crippen LogP contribution in [0.1, 0.15) is 38.7 Å². The van der Waals surface area contributed by atoms with Gasteiger partial charge in [-0.05, 0) is 42.9 Å². The zero-order chi connectivity index (χ0) is 28.8. The van der Waals surface area contributed by atoms with E-state index in [9.17, 15) is 29.4 Å². The van der Waals surface area contributed by atoms with Crippen molar-refractivity contribution in [3.8, 4) is 5.75 Å². The number of amides is 3. The standard InChI is InChI=1S/C24H39N7O6S/c1-13(2)10-18(23(36)37)30-21(34)17(11-14-5-7-15(32)8-6-14)29-22(35)19(12-38)31-20(33)16(25)4-3-9-28-24(26)27/h5-8,13,16-19,32,38H,3-4,9-12,25H2,1-2H3,(H,29,35)(H,30,34)(H,31,33)(H,36,37)(H4,26,27,28). The van der Waals surface area contributed by atoms with Crippen LogP contribution in [0.2, 0.25) is 0 Å². The second-order valence-electron chi connectivity index (χ2n) is 9.26. The van der Waals surface area contributed by atoms with Crippen LogP contribution in [0.5, 0.6) is 5.75 Å².